The summed E-state index contributed by atoms with van der Waals surface area (Å²) in [5.41, 5.74) is 3.46. The van der Waals surface area contributed by atoms with Gasteiger partial charge in [-0.3, -0.25) is 4.79 Å². The fourth-order valence-corrected chi connectivity index (χ4v) is 4.90. The maximum atomic E-state index is 13.0. The number of carbonyl (C=O) groups is 1. The molecule has 0 saturated carbocycles. The second-order valence-electron chi connectivity index (χ2n) is 10.7. The van der Waals surface area contributed by atoms with Crippen molar-refractivity contribution < 1.29 is 4.79 Å². The number of anilines is 1. The zero-order valence-electron chi connectivity index (χ0n) is 20.8. The molecule has 3 rings (SSSR count). The van der Waals surface area contributed by atoms with Crippen LogP contribution < -0.4 is 10.6 Å². The zero-order chi connectivity index (χ0) is 24.0. The molecule has 0 radical (unpaired) electrons. The number of hydrogen-bond acceptors (Lipinski definition) is 3. The predicted octanol–water partition coefficient (Wildman–Crippen LogP) is 5.87. The minimum Gasteiger partial charge on any atom is -0.362 e. The van der Waals surface area contributed by atoms with Gasteiger partial charge in [-0.2, -0.15) is 0 Å². The average molecular weight is 466 g/mol. The standard InChI is InChI=1S/C28H39N3OS/c1-20-16-21(2)19-31(18-20)15-7-14-29-27(33)30-25-9-6-8-23(17-25)26(32)22-10-12-24(13-11-22)28(3,4)5/h6,8-13,17,20-21H,7,14-16,18-19H2,1-5H3,(H2,29,30,33)/t20-,21-/m1/s1. The second kappa shape index (κ2) is 11.3. The van der Waals surface area contributed by atoms with Gasteiger partial charge in [0, 0.05) is 36.4 Å². The molecule has 2 N–H and O–H groups in total. The summed E-state index contributed by atoms with van der Waals surface area (Å²) in [6.07, 6.45) is 2.40. The summed E-state index contributed by atoms with van der Waals surface area (Å²) in [5, 5.41) is 7.12. The van der Waals surface area contributed by atoms with E-state index in [1.54, 1.807) is 0 Å². The lowest BCUT2D eigenvalue weighted by Gasteiger charge is -2.35. The van der Waals surface area contributed by atoms with Crippen LogP contribution in [0.5, 0.6) is 0 Å². The van der Waals surface area contributed by atoms with Gasteiger partial charge in [0.05, 0.1) is 0 Å². The molecule has 1 aliphatic rings. The van der Waals surface area contributed by atoms with Crippen molar-refractivity contribution in [1.29, 1.82) is 0 Å². The number of carbonyl (C=O) groups excluding carboxylic acids is 1. The van der Waals surface area contributed by atoms with E-state index >= 15 is 0 Å². The maximum Gasteiger partial charge on any atom is 0.193 e. The summed E-state index contributed by atoms with van der Waals surface area (Å²) in [6, 6.07) is 15.5. The zero-order valence-corrected chi connectivity index (χ0v) is 21.6. The van der Waals surface area contributed by atoms with Crippen LogP contribution in [0.1, 0.15) is 68.9 Å². The molecule has 178 valence electrons. The molecule has 0 unspecified atom stereocenters. The molecule has 33 heavy (non-hydrogen) atoms. The number of ketones is 1. The molecule has 4 nitrogen and oxygen atoms in total. The van der Waals surface area contributed by atoms with Gasteiger partial charge in [0.15, 0.2) is 10.9 Å². The smallest absolute Gasteiger partial charge is 0.193 e. The molecule has 1 aliphatic heterocycles. The van der Waals surface area contributed by atoms with E-state index in [1.807, 2.05) is 48.5 Å². The van der Waals surface area contributed by atoms with Gasteiger partial charge in [-0.05, 0) is 66.6 Å². The summed E-state index contributed by atoms with van der Waals surface area (Å²) in [6.45, 7) is 15.5. The van der Waals surface area contributed by atoms with Crippen molar-refractivity contribution in [3.63, 3.8) is 0 Å². The largest absolute Gasteiger partial charge is 0.362 e. The Bertz CT molecular complexity index is 938. The normalized spacial score (nSPS) is 19.2. The molecule has 1 fully saturated rings. The molecular weight excluding hydrogens is 426 g/mol. The first kappa shape index (κ1) is 25.4. The lowest BCUT2D eigenvalue weighted by atomic mass is 9.86. The highest BCUT2D eigenvalue weighted by atomic mass is 32.1. The Labute approximate surface area is 205 Å². The number of benzene rings is 2. The fourth-order valence-electron chi connectivity index (χ4n) is 4.68. The van der Waals surface area contributed by atoms with Gasteiger partial charge in [0.1, 0.15) is 0 Å². The van der Waals surface area contributed by atoms with E-state index in [1.165, 1.54) is 25.1 Å². The lowest BCUT2D eigenvalue weighted by Crippen LogP contribution is -2.40. The maximum absolute atomic E-state index is 13.0. The van der Waals surface area contributed by atoms with E-state index in [0.717, 1.165) is 37.0 Å². The first-order valence-electron chi connectivity index (χ1n) is 12.1. The van der Waals surface area contributed by atoms with Crippen molar-refractivity contribution >= 4 is 28.8 Å². The molecule has 0 bridgehead atoms. The monoisotopic (exact) mass is 465 g/mol. The van der Waals surface area contributed by atoms with E-state index < -0.39 is 0 Å². The van der Waals surface area contributed by atoms with Crippen LogP contribution in [0.3, 0.4) is 0 Å². The Morgan fingerprint density at radius 2 is 1.70 bits per heavy atom. The average Bonchev–Trinajstić information content (AvgIpc) is 2.75. The third-order valence-corrected chi connectivity index (χ3v) is 6.52. The number of piperidine rings is 1. The van der Waals surface area contributed by atoms with Gasteiger partial charge in [-0.1, -0.05) is 71.0 Å². The number of hydrogen-bond donors (Lipinski definition) is 2. The Morgan fingerprint density at radius 3 is 2.33 bits per heavy atom. The Balaban J connectivity index is 1.49. The predicted molar refractivity (Wildman–Crippen MR) is 143 cm³/mol. The van der Waals surface area contributed by atoms with Crippen molar-refractivity contribution in [2.45, 2.75) is 52.9 Å². The first-order valence-corrected chi connectivity index (χ1v) is 12.5. The quantitative estimate of drug-likeness (QED) is 0.304. The molecular formula is C28H39N3OS. The third-order valence-electron chi connectivity index (χ3n) is 6.28. The highest BCUT2D eigenvalue weighted by Gasteiger charge is 2.21. The number of likely N-dealkylation sites (tertiary alicyclic amines) is 1. The van der Waals surface area contributed by atoms with Crippen LogP contribution in [-0.2, 0) is 5.41 Å². The summed E-state index contributed by atoms with van der Waals surface area (Å²) in [7, 11) is 0. The minimum absolute atomic E-state index is 0.0166. The van der Waals surface area contributed by atoms with Gasteiger partial charge >= 0.3 is 0 Å². The second-order valence-corrected chi connectivity index (χ2v) is 11.1. The van der Waals surface area contributed by atoms with E-state index in [2.05, 4.69) is 50.2 Å². The van der Waals surface area contributed by atoms with E-state index in [0.29, 0.717) is 16.2 Å². The molecule has 2 aromatic carbocycles. The summed E-state index contributed by atoms with van der Waals surface area (Å²) >= 11 is 5.47. The van der Waals surface area contributed by atoms with E-state index in [-0.39, 0.29) is 11.2 Å². The van der Waals surface area contributed by atoms with E-state index in [4.69, 9.17) is 12.2 Å². The number of rotatable bonds is 7. The van der Waals surface area contributed by atoms with Crippen LogP contribution >= 0.6 is 12.2 Å². The van der Waals surface area contributed by atoms with Crippen molar-refractivity contribution in [2.75, 3.05) is 31.5 Å². The molecule has 5 heteroatoms. The van der Waals surface area contributed by atoms with Gasteiger partial charge in [-0.15, -0.1) is 0 Å². The number of nitrogens with one attached hydrogen (secondary N) is 2. The highest BCUT2D eigenvalue weighted by molar-refractivity contribution is 7.80. The minimum atomic E-state index is 0.0166. The van der Waals surface area contributed by atoms with Crippen LogP contribution in [0.15, 0.2) is 48.5 Å². The van der Waals surface area contributed by atoms with Gasteiger partial charge in [0.25, 0.3) is 0 Å². The summed E-state index contributed by atoms with van der Waals surface area (Å²) in [5.74, 6) is 1.59. The van der Waals surface area contributed by atoms with Gasteiger partial charge < -0.3 is 15.5 Å². The van der Waals surface area contributed by atoms with Crippen LogP contribution in [-0.4, -0.2) is 42.0 Å². The van der Waals surface area contributed by atoms with Crippen molar-refractivity contribution in [2.24, 2.45) is 11.8 Å². The Kier molecular flexibility index (Phi) is 8.66. The Morgan fingerprint density at radius 1 is 1.03 bits per heavy atom. The van der Waals surface area contributed by atoms with Crippen molar-refractivity contribution in [3.05, 3.63) is 65.2 Å². The molecule has 0 amide bonds. The molecule has 2 atom stereocenters. The topological polar surface area (TPSA) is 44.4 Å². The molecule has 1 heterocycles. The molecule has 1 saturated heterocycles. The Hall–Kier alpha value is -2.24. The summed E-state index contributed by atoms with van der Waals surface area (Å²) in [4.78, 5) is 15.5. The number of nitrogens with zero attached hydrogens (tertiary/aromatic N) is 1. The molecule has 2 aromatic rings. The van der Waals surface area contributed by atoms with Crippen LogP contribution in [0.2, 0.25) is 0 Å². The fraction of sp³-hybridized carbons (Fsp3) is 0.500. The van der Waals surface area contributed by atoms with Crippen LogP contribution in [0.25, 0.3) is 0 Å². The highest BCUT2D eigenvalue weighted by Crippen LogP contribution is 2.23. The SMILES string of the molecule is C[C@@H]1C[C@@H](C)CN(CCCNC(=S)Nc2cccc(C(=O)c3ccc(C(C)(C)C)cc3)c2)C1. The lowest BCUT2D eigenvalue weighted by molar-refractivity contribution is 0.103. The first-order chi connectivity index (χ1) is 15.6. The van der Waals surface area contributed by atoms with Gasteiger partial charge in [0.2, 0.25) is 0 Å². The van der Waals surface area contributed by atoms with Gasteiger partial charge in [-0.25, -0.2) is 0 Å². The van der Waals surface area contributed by atoms with Crippen molar-refractivity contribution in [3.8, 4) is 0 Å². The third kappa shape index (κ3) is 7.65. The molecule has 0 spiro atoms. The summed E-state index contributed by atoms with van der Waals surface area (Å²) < 4.78 is 0. The number of thiocarbonyl (C=S) groups is 1. The van der Waals surface area contributed by atoms with Crippen LogP contribution in [0.4, 0.5) is 5.69 Å². The molecule has 0 aromatic heterocycles. The molecule has 0 aliphatic carbocycles. The van der Waals surface area contributed by atoms with E-state index in [9.17, 15) is 4.79 Å². The van der Waals surface area contributed by atoms with Crippen LogP contribution in [0, 0.1) is 11.8 Å². The van der Waals surface area contributed by atoms with Crippen molar-refractivity contribution in [1.82, 2.24) is 10.2 Å².